The van der Waals surface area contributed by atoms with Crippen molar-refractivity contribution in [1.82, 2.24) is 0 Å². The fourth-order valence-electron chi connectivity index (χ4n) is 4.84. The SMILES string of the molecule is CC(=O)N1c2ccccc2CC(=O)c2ccccc21.O=C1Cc2ccccc2Cc2ccccc21.[K+].[OH-]. The van der Waals surface area contributed by atoms with E-state index in [-0.39, 0.29) is 74.3 Å². The summed E-state index contributed by atoms with van der Waals surface area (Å²) >= 11 is 0. The number of carbonyl (C=O) groups is 3. The van der Waals surface area contributed by atoms with Gasteiger partial charge in [-0.05, 0) is 46.9 Å². The van der Waals surface area contributed by atoms with E-state index in [0.29, 0.717) is 24.1 Å². The third-order valence-corrected chi connectivity index (χ3v) is 6.51. The van der Waals surface area contributed by atoms with Crippen LogP contribution in [0.5, 0.6) is 0 Å². The molecule has 2 aliphatic rings. The number of para-hydroxylation sites is 2. The number of carbonyl (C=O) groups excluding carboxylic acids is 3. The Bertz CT molecular complexity index is 1460. The standard InChI is InChI=1S/C16H13NO2.C15H12O.K.H2O/c1-11(18)17-14-8-4-2-6-12(14)10-16(19)13-7-3-5-9-15(13)17;16-15-10-12-6-2-1-5-11(12)9-13-7-3-4-8-14(13)15;;/h2-9H,10H2,1H3;1-8H,9-10H2;;1H2/q;;+1;/p-1. The molecule has 37 heavy (non-hydrogen) atoms. The first-order chi connectivity index (χ1) is 17.0. The molecule has 0 saturated carbocycles. The first-order valence-electron chi connectivity index (χ1n) is 11.7. The summed E-state index contributed by atoms with van der Waals surface area (Å²) < 4.78 is 0. The van der Waals surface area contributed by atoms with Crippen molar-refractivity contribution in [2.45, 2.75) is 26.2 Å². The molecule has 1 N–H and O–H groups in total. The largest absolute Gasteiger partial charge is 1.00 e. The van der Waals surface area contributed by atoms with E-state index >= 15 is 0 Å². The van der Waals surface area contributed by atoms with Crippen molar-refractivity contribution < 1.29 is 71.2 Å². The average molecular weight is 516 g/mol. The molecule has 0 atom stereocenters. The minimum Gasteiger partial charge on any atom is -0.870 e. The molecule has 0 radical (unpaired) electrons. The van der Waals surface area contributed by atoms with Crippen LogP contribution in [-0.2, 0) is 24.1 Å². The number of ketones is 2. The average Bonchev–Trinajstić information content (AvgIpc) is 3.09. The van der Waals surface area contributed by atoms with Gasteiger partial charge < -0.3 is 5.48 Å². The van der Waals surface area contributed by atoms with Gasteiger partial charge in [-0.15, -0.1) is 0 Å². The molecule has 0 fully saturated rings. The van der Waals surface area contributed by atoms with Crippen molar-refractivity contribution in [3.05, 3.63) is 130 Å². The molecule has 1 heterocycles. The third kappa shape index (κ3) is 6.07. The number of Topliss-reactive ketones (excluding diaryl/α,β-unsaturated/α-hetero) is 2. The zero-order valence-corrected chi connectivity index (χ0v) is 24.1. The summed E-state index contributed by atoms with van der Waals surface area (Å²) in [5.74, 6) is 0.196. The van der Waals surface area contributed by atoms with Gasteiger partial charge in [-0.1, -0.05) is 78.9 Å². The Balaban J connectivity index is 0.000000197. The van der Waals surface area contributed by atoms with E-state index in [9.17, 15) is 14.4 Å². The van der Waals surface area contributed by atoms with Crippen LogP contribution in [0.2, 0.25) is 0 Å². The van der Waals surface area contributed by atoms with Gasteiger partial charge in [-0.3, -0.25) is 19.3 Å². The summed E-state index contributed by atoms with van der Waals surface area (Å²) in [7, 11) is 0. The van der Waals surface area contributed by atoms with E-state index in [2.05, 4.69) is 18.2 Å². The van der Waals surface area contributed by atoms with E-state index in [4.69, 9.17) is 0 Å². The second-order valence-electron chi connectivity index (χ2n) is 8.80. The maximum atomic E-state index is 12.3. The normalized spacial score (nSPS) is 12.9. The quantitative estimate of drug-likeness (QED) is 0.337. The van der Waals surface area contributed by atoms with Gasteiger partial charge in [0.1, 0.15) is 0 Å². The Kier molecular flexibility index (Phi) is 9.90. The summed E-state index contributed by atoms with van der Waals surface area (Å²) in [4.78, 5) is 38.0. The molecule has 1 amide bonds. The first kappa shape index (κ1) is 28.9. The van der Waals surface area contributed by atoms with Crippen molar-refractivity contribution in [3.8, 4) is 0 Å². The molecule has 1 aliphatic carbocycles. The number of benzene rings is 4. The summed E-state index contributed by atoms with van der Waals surface area (Å²) in [6.45, 7) is 1.52. The molecule has 4 aromatic rings. The Labute approximate surface area is 259 Å². The van der Waals surface area contributed by atoms with Gasteiger partial charge in [0.15, 0.2) is 11.6 Å². The number of nitrogens with zero attached hydrogens (tertiary/aromatic N) is 1. The predicted molar refractivity (Wildman–Crippen MR) is 139 cm³/mol. The number of anilines is 2. The van der Waals surface area contributed by atoms with E-state index in [1.54, 1.807) is 11.0 Å². The number of hydrogen-bond acceptors (Lipinski definition) is 4. The summed E-state index contributed by atoms with van der Waals surface area (Å²) in [5.41, 5.74) is 7.45. The fraction of sp³-hybridized carbons (Fsp3) is 0.129. The minimum absolute atomic E-state index is 0. The molecule has 4 aromatic carbocycles. The minimum atomic E-state index is -0.0883. The maximum absolute atomic E-state index is 12.3. The smallest absolute Gasteiger partial charge is 0.870 e. The summed E-state index contributed by atoms with van der Waals surface area (Å²) in [5, 5.41) is 0. The van der Waals surface area contributed by atoms with Crippen LogP contribution in [0.25, 0.3) is 0 Å². The second kappa shape index (κ2) is 12.7. The molecular formula is C31H26KNO4. The molecule has 0 unspecified atom stereocenters. The Morgan fingerprint density at radius 1 is 0.568 bits per heavy atom. The van der Waals surface area contributed by atoms with Crippen LogP contribution in [-0.4, -0.2) is 22.9 Å². The molecule has 6 rings (SSSR count). The zero-order valence-electron chi connectivity index (χ0n) is 21.0. The molecule has 1 aliphatic heterocycles. The molecule has 180 valence electrons. The number of hydrogen-bond donors (Lipinski definition) is 0. The van der Waals surface area contributed by atoms with Crippen LogP contribution in [0.1, 0.15) is 49.9 Å². The third-order valence-electron chi connectivity index (χ3n) is 6.51. The van der Waals surface area contributed by atoms with Crippen LogP contribution in [0.15, 0.2) is 97.1 Å². The number of amides is 1. The van der Waals surface area contributed by atoms with Gasteiger partial charge in [0, 0.05) is 30.9 Å². The van der Waals surface area contributed by atoms with E-state index in [0.717, 1.165) is 28.8 Å². The maximum Gasteiger partial charge on any atom is 1.00 e. The van der Waals surface area contributed by atoms with Gasteiger partial charge in [0.2, 0.25) is 5.91 Å². The van der Waals surface area contributed by atoms with E-state index in [1.807, 2.05) is 72.8 Å². The van der Waals surface area contributed by atoms with Crippen molar-refractivity contribution in [3.63, 3.8) is 0 Å². The predicted octanol–water partition coefficient (Wildman–Crippen LogP) is 2.95. The van der Waals surface area contributed by atoms with Gasteiger partial charge >= 0.3 is 51.4 Å². The topological polar surface area (TPSA) is 84.5 Å². The molecule has 0 aromatic heterocycles. The van der Waals surface area contributed by atoms with E-state index < -0.39 is 0 Å². The van der Waals surface area contributed by atoms with Crippen LogP contribution >= 0.6 is 0 Å². The van der Waals surface area contributed by atoms with Gasteiger partial charge in [0.05, 0.1) is 11.4 Å². The molecule has 6 heteroatoms. The zero-order chi connectivity index (χ0) is 24.4. The summed E-state index contributed by atoms with van der Waals surface area (Å²) in [6, 6.07) is 30.9. The Morgan fingerprint density at radius 2 is 1.00 bits per heavy atom. The monoisotopic (exact) mass is 515 g/mol. The van der Waals surface area contributed by atoms with Crippen molar-refractivity contribution in [2.24, 2.45) is 0 Å². The summed E-state index contributed by atoms with van der Waals surface area (Å²) in [6.07, 6.45) is 1.74. The van der Waals surface area contributed by atoms with Crippen molar-refractivity contribution >= 4 is 28.8 Å². The van der Waals surface area contributed by atoms with Crippen LogP contribution in [0.3, 0.4) is 0 Å². The van der Waals surface area contributed by atoms with Crippen LogP contribution < -0.4 is 56.3 Å². The van der Waals surface area contributed by atoms with Crippen LogP contribution in [0, 0.1) is 0 Å². The first-order valence-corrected chi connectivity index (χ1v) is 11.7. The number of fused-ring (bicyclic) bond motifs is 4. The van der Waals surface area contributed by atoms with Crippen molar-refractivity contribution in [1.29, 1.82) is 0 Å². The molecule has 5 nitrogen and oxygen atoms in total. The molecule has 0 bridgehead atoms. The molecular weight excluding hydrogens is 489 g/mol. The van der Waals surface area contributed by atoms with Gasteiger partial charge in [0.25, 0.3) is 0 Å². The Hall–Kier alpha value is -2.71. The van der Waals surface area contributed by atoms with Gasteiger partial charge in [-0.25, -0.2) is 0 Å². The Morgan fingerprint density at radius 3 is 1.65 bits per heavy atom. The van der Waals surface area contributed by atoms with E-state index in [1.165, 1.54) is 18.1 Å². The second-order valence-corrected chi connectivity index (χ2v) is 8.80. The molecule has 0 spiro atoms. The van der Waals surface area contributed by atoms with Crippen LogP contribution in [0.4, 0.5) is 11.4 Å². The number of rotatable bonds is 0. The van der Waals surface area contributed by atoms with Gasteiger partial charge in [-0.2, -0.15) is 0 Å². The molecule has 0 saturated heterocycles. The van der Waals surface area contributed by atoms with Crippen molar-refractivity contribution in [2.75, 3.05) is 4.90 Å². The fourth-order valence-corrected chi connectivity index (χ4v) is 4.84.